The molecule has 86 valence electrons. The number of rotatable bonds is 0. The van der Waals surface area contributed by atoms with Crippen LogP contribution in [0.15, 0.2) is 42.6 Å². The van der Waals surface area contributed by atoms with Crippen LogP contribution < -0.4 is 4.57 Å². The molecule has 0 N–H and O–H groups in total. The van der Waals surface area contributed by atoms with Crippen LogP contribution in [0.4, 0.5) is 0 Å². The third-order valence-corrected chi connectivity index (χ3v) is 1.90. The third kappa shape index (κ3) is 4.48. The lowest BCUT2D eigenvalue weighted by Gasteiger charge is -2.10. The van der Waals surface area contributed by atoms with Crippen molar-refractivity contribution in [2.75, 3.05) is 0 Å². The Morgan fingerprint density at radius 3 is 1.94 bits per heavy atom. The molecule has 0 spiro atoms. The third-order valence-electron chi connectivity index (χ3n) is 1.90. The molecule has 2 aromatic rings. The number of benzene rings is 1. The molecule has 0 radical (unpaired) electrons. The zero-order chi connectivity index (χ0) is 12.2. The Balaban J connectivity index is 0.000000221. The van der Waals surface area contributed by atoms with Gasteiger partial charge in [0.25, 0.3) is 0 Å². The maximum absolute atomic E-state index is 2.25. The largest absolute Gasteiger partial charge is 0.212 e. The summed E-state index contributed by atoms with van der Waals surface area (Å²) in [5.74, 6) is 0. The van der Waals surface area contributed by atoms with Crippen LogP contribution in [0, 0.1) is 0 Å². The molecule has 0 saturated carbocycles. The maximum atomic E-state index is 2.25. The minimum absolute atomic E-state index is 0. The first kappa shape index (κ1) is 12.8. The van der Waals surface area contributed by atoms with Gasteiger partial charge in [-0.25, -0.2) is 4.57 Å². The number of hydrogen-bond donors (Lipinski definition) is 0. The lowest BCUT2D eigenvalue weighted by atomic mass is 9.32. The number of pyridine rings is 1. The Bertz CT molecular complexity index is 446. The molecule has 2 heteroatoms. The highest BCUT2D eigenvalue weighted by Crippen LogP contribution is 2.06. The van der Waals surface area contributed by atoms with Crippen LogP contribution in [0.3, 0.4) is 0 Å². The summed E-state index contributed by atoms with van der Waals surface area (Å²) in [4.78, 5) is 0. The van der Waals surface area contributed by atoms with Crippen molar-refractivity contribution in [1.82, 2.24) is 0 Å². The molecule has 0 bridgehead atoms. The second kappa shape index (κ2) is 5.15. The van der Waals surface area contributed by atoms with Crippen molar-refractivity contribution < 1.29 is 4.57 Å². The number of fused-ring (bicyclic) bond motifs is 1. The van der Waals surface area contributed by atoms with E-state index in [2.05, 4.69) is 81.5 Å². The van der Waals surface area contributed by atoms with Crippen molar-refractivity contribution in [3.8, 4) is 0 Å². The number of aromatic nitrogens is 1. The lowest BCUT2D eigenvalue weighted by molar-refractivity contribution is -0.644. The first-order valence-electron chi connectivity index (χ1n) is 6.02. The van der Waals surface area contributed by atoms with Crippen LogP contribution in [0.1, 0.15) is 0 Å². The van der Waals surface area contributed by atoms with E-state index in [9.17, 15) is 0 Å². The molecular weight excluding hydrogens is 193 g/mol. The molecular formula is C14H22BN. The maximum Gasteiger partial charge on any atom is 0.212 e. The lowest BCUT2D eigenvalue weighted by Crippen LogP contribution is -2.27. The van der Waals surface area contributed by atoms with Crippen molar-refractivity contribution in [2.24, 2.45) is 7.05 Å². The molecule has 0 unspecified atom stereocenters. The Morgan fingerprint density at radius 2 is 1.38 bits per heavy atom. The summed E-state index contributed by atoms with van der Waals surface area (Å²) in [5, 5.41) is 1.29. The molecule has 0 aliphatic rings. The first-order chi connectivity index (χ1) is 7.38. The van der Waals surface area contributed by atoms with Crippen LogP contribution in [0.25, 0.3) is 10.9 Å². The highest BCUT2D eigenvalue weighted by atomic mass is 14.9. The summed E-state index contributed by atoms with van der Waals surface area (Å²) in [6.07, 6.45) is 2.06. The van der Waals surface area contributed by atoms with Gasteiger partial charge in [-0.15, -0.1) is 0 Å². The Hall–Kier alpha value is -1.31. The van der Waals surface area contributed by atoms with Gasteiger partial charge in [0.2, 0.25) is 5.52 Å². The molecule has 1 nitrogen and oxygen atoms in total. The molecule has 0 amide bonds. The standard InChI is InChI=1S/C10H10N.C4H12B/c1-11-8-4-6-9-5-2-3-7-10(9)11;1-5(2,3)4/h2-8H,1H3;1-4H3/q+1;-1. The fourth-order valence-corrected chi connectivity index (χ4v) is 1.31. The van der Waals surface area contributed by atoms with Gasteiger partial charge in [-0.2, -0.15) is 27.3 Å². The van der Waals surface area contributed by atoms with E-state index in [1.54, 1.807) is 0 Å². The van der Waals surface area contributed by atoms with Crippen LogP contribution in [-0.2, 0) is 7.05 Å². The fourth-order valence-electron chi connectivity index (χ4n) is 1.31. The molecule has 1 heterocycles. The summed E-state index contributed by atoms with van der Waals surface area (Å²) in [6.45, 7) is 9.00. The van der Waals surface area contributed by atoms with E-state index in [1.807, 2.05) is 0 Å². The van der Waals surface area contributed by atoms with E-state index in [0.717, 1.165) is 0 Å². The second-order valence-corrected chi connectivity index (χ2v) is 6.14. The summed E-state index contributed by atoms with van der Waals surface area (Å²) in [6, 6.07) is 12.5. The Labute approximate surface area is 99.0 Å². The first-order valence-corrected chi connectivity index (χ1v) is 6.02. The van der Waals surface area contributed by atoms with Gasteiger partial charge >= 0.3 is 0 Å². The molecule has 0 atom stereocenters. The predicted octanol–water partition coefficient (Wildman–Crippen LogP) is 3.62. The van der Waals surface area contributed by atoms with Crippen LogP contribution >= 0.6 is 0 Å². The van der Waals surface area contributed by atoms with Crippen LogP contribution in [-0.4, -0.2) is 6.15 Å². The van der Waals surface area contributed by atoms with Crippen molar-refractivity contribution in [2.45, 2.75) is 27.3 Å². The summed E-state index contributed by atoms with van der Waals surface area (Å²) >= 11 is 0. The zero-order valence-electron chi connectivity index (χ0n) is 11.1. The van der Waals surface area contributed by atoms with E-state index in [-0.39, 0.29) is 6.15 Å². The summed E-state index contributed by atoms with van der Waals surface area (Å²) in [7, 11) is 2.06. The highest BCUT2D eigenvalue weighted by Gasteiger charge is 1.99. The second-order valence-electron chi connectivity index (χ2n) is 6.14. The van der Waals surface area contributed by atoms with Gasteiger partial charge in [0, 0.05) is 17.5 Å². The van der Waals surface area contributed by atoms with Crippen LogP contribution in [0.2, 0.25) is 27.3 Å². The molecule has 1 aromatic carbocycles. The highest BCUT2D eigenvalue weighted by molar-refractivity contribution is 6.74. The minimum atomic E-state index is 0. The zero-order valence-corrected chi connectivity index (χ0v) is 11.1. The molecule has 1 aromatic heterocycles. The SMILES string of the molecule is C[B-](C)(C)C.C[n+]1cccc2ccccc21. The van der Waals surface area contributed by atoms with Gasteiger partial charge in [0.1, 0.15) is 7.05 Å². The van der Waals surface area contributed by atoms with Crippen molar-refractivity contribution >= 4 is 17.0 Å². The van der Waals surface area contributed by atoms with E-state index in [0.29, 0.717) is 0 Å². The average molecular weight is 215 g/mol. The predicted molar refractivity (Wildman–Crippen MR) is 74.3 cm³/mol. The topological polar surface area (TPSA) is 3.88 Å². The summed E-state index contributed by atoms with van der Waals surface area (Å²) < 4.78 is 2.12. The van der Waals surface area contributed by atoms with Gasteiger partial charge < -0.3 is 0 Å². The molecule has 0 aliphatic carbocycles. The number of hydrogen-bond acceptors (Lipinski definition) is 0. The van der Waals surface area contributed by atoms with Gasteiger partial charge in [0.15, 0.2) is 6.20 Å². The molecule has 16 heavy (non-hydrogen) atoms. The number of para-hydroxylation sites is 1. The van der Waals surface area contributed by atoms with Gasteiger partial charge in [-0.3, -0.25) is 0 Å². The summed E-state index contributed by atoms with van der Waals surface area (Å²) in [5.41, 5.74) is 1.27. The van der Waals surface area contributed by atoms with E-state index >= 15 is 0 Å². The molecule has 0 fully saturated rings. The van der Waals surface area contributed by atoms with Gasteiger partial charge in [-0.1, -0.05) is 12.1 Å². The normalized spacial score (nSPS) is 10.8. The van der Waals surface area contributed by atoms with Crippen molar-refractivity contribution in [1.29, 1.82) is 0 Å². The monoisotopic (exact) mass is 215 g/mol. The van der Waals surface area contributed by atoms with Crippen LogP contribution in [0.5, 0.6) is 0 Å². The Morgan fingerprint density at radius 1 is 0.875 bits per heavy atom. The minimum Gasteiger partial charge on any atom is -0.201 e. The van der Waals surface area contributed by atoms with E-state index in [1.165, 1.54) is 10.9 Å². The van der Waals surface area contributed by atoms with E-state index < -0.39 is 0 Å². The molecule has 0 aliphatic heterocycles. The van der Waals surface area contributed by atoms with Gasteiger partial charge in [0.05, 0.1) is 0 Å². The van der Waals surface area contributed by atoms with Crippen molar-refractivity contribution in [3.63, 3.8) is 0 Å². The smallest absolute Gasteiger partial charge is 0.201 e. The molecule has 0 saturated heterocycles. The number of aryl methyl sites for hydroxylation is 1. The molecule has 2 rings (SSSR count). The average Bonchev–Trinajstić information content (AvgIpc) is 2.16. The Kier molecular flexibility index (Phi) is 4.11. The van der Waals surface area contributed by atoms with E-state index in [4.69, 9.17) is 0 Å². The fraction of sp³-hybridized carbons (Fsp3) is 0.357. The quantitative estimate of drug-likeness (QED) is 0.466. The van der Waals surface area contributed by atoms with Crippen molar-refractivity contribution in [3.05, 3.63) is 42.6 Å². The number of nitrogens with zero attached hydrogens (tertiary/aromatic N) is 1. The van der Waals surface area contributed by atoms with Gasteiger partial charge in [-0.05, 0) is 18.3 Å².